The Morgan fingerprint density at radius 3 is 2.06 bits per heavy atom. The lowest BCUT2D eigenvalue weighted by Gasteiger charge is -2.25. The summed E-state index contributed by atoms with van der Waals surface area (Å²) in [4.78, 5) is 1.96. The fraction of sp³-hybridized carbons (Fsp3) is 0.345. The van der Waals surface area contributed by atoms with E-state index in [1.54, 1.807) is 0 Å². The van der Waals surface area contributed by atoms with Crippen LogP contribution in [-0.2, 0) is 0 Å². The third-order valence-electron chi connectivity index (χ3n) is 6.31. The lowest BCUT2D eigenvalue weighted by Crippen LogP contribution is -2.29. The van der Waals surface area contributed by atoms with Crippen LogP contribution in [0.2, 0.25) is 5.02 Å². The van der Waals surface area contributed by atoms with Gasteiger partial charge in [0.2, 0.25) is 0 Å². The first-order valence-corrected chi connectivity index (χ1v) is 12.6. The summed E-state index contributed by atoms with van der Waals surface area (Å²) in [6.45, 7) is 5.91. The molecule has 6 nitrogen and oxygen atoms in total. The van der Waals surface area contributed by atoms with Crippen LogP contribution in [0, 0.1) is 6.92 Å². The van der Waals surface area contributed by atoms with Gasteiger partial charge >= 0.3 is 0 Å². The molecule has 0 bridgehead atoms. The number of aliphatic hydroxyl groups excluding tert-OH is 4. The summed E-state index contributed by atoms with van der Waals surface area (Å²) in [6.07, 6.45) is 6.16. The van der Waals surface area contributed by atoms with E-state index < -0.39 is 0 Å². The van der Waals surface area contributed by atoms with E-state index in [4.69, 9.17) is 11.6 Å². The Labute approximate surface area is 218 Å². The fourth-order valence-corrected chi connectivity index (χ4v) is 4.80. The molecule has 0 aliphatic heterocycles. The van der Waals surface area contributed by atoms with Crippen LogP contribution >= 0.6 is 11.6 Å². The smallest absolute Gasteiger partial charge is 0.200 e. The molecule has 7 heteroatoms. The zero-order valence-corrected chi connectivity index (χ0v) is 21.7. The minimum Gasteiger partial charge on any atom is -0.395 e. The van der Waals surface area contributed by atoms with E-state index in [1.165, 1.54) is 0 Å². The van der Waals surface area contributed by atoms with Crippen molar-refractivity contribution in [2.75, 3.05) is 57.5 Å². The van der Waals surface area contributed by atoms with Crippen molar-refractivity contribution in [1.29, 1.82) is 0 Å². The molecule has 1 aliphatic rings. The van der Waals surface area contributed by atoms with E-state index in [1.807, 2.05) is 45.9 Å². The number of nitrogens with zero attached hydrogens (tertiary/aromatic N) is 2. The molecule has 4 N–H and O–H groups in total. The molecular weight excluding hydrogens is 476 g/mol. The second kappa shape index (κ2) is 13.5. The van der Waals surface area contributed by atoms with Crippen LogP contribution in [0.3, 0.4) is 0 Å². The predicted octanol–water partition coefficient (Wildman–Crippen LogP) is 3.20. The molecule has 0 unspecified atom stereocenters. The molecule has 0 heterocycles. The number of benzene rings is 2. The van der Waals surface area contributed by atoms with Gasteiger partial charge in [-0.1, -0.05) is 35.9 Å². The maximum Gasteiger partial charge on any atom is 0.200 e. The highest BCUT2D eigenvalue weighted by molar-refractivity contribution is 6.32. The number of rotatable bonds is 11. The molecule has 2 aromatic carbocycles. The average molecular weight is 512 g/mol. The van der Waals surface area contributed by atoms with Gasteiger partial charge in [-0.3, -0.25) is 0 Å². The largest absolute Gasteiger partial charge is 0.395 e. The van der Waals surface area contributed by atoms with Gasteiger partial charge in [-0.25, -0.2) is 4.58 Å². The molecule has 2 aromatic rings. The molecule has 0 spiro atoms. The monoisotopic (exact) mass is 511 g/mol. The molecule has 0 saturated heterocycles. The Morgan fingerprint density at radius 1 is 0.833 bits per heavy atom. The molecule has 0 amide bonds. The summed E-state index contributed by atoms with van der Waals surface area (Å²) in [6, 6.07) is 14.0. The van der Waals surface area contributed by atoms with Gasteiger partial charge in [-0.05, 0) is 66.0 Å². The van der Waals surface area contributed by atoms with Crippen LogP contribution in [0.5, 0.6) is 0 Å². The topological polar surface area (TPSA) is 87.2 Å². The van der Waals surface area contributed by atoms with Crippen LogP contribution in [0.25, 0.3) is 5.57 Å². The third kappa shape index (κ3) is 6.52. The zero-order chi connectivity index (χ0) is 26.1. The summed E-state index contributed by atoms with van der Waals surface area (Å²) < 4.78 is 1.96. The molecule has 1 aliphatic carbocycles. The first-order valence-electron chi connectivity index (χ1n) is 12.2. The van der Waals surface area contributed by atoms with Gasteiger partial charge < -0.3 is 25.3 Å². The van der Waals surface area contributed by atoms with Crippen LogP contribution in [0.1, 0.15) is 23.6 Å². The van der Waals surface area contributed by atoms with Crippen LogP contribution < -0.4 is 4.90 Å². The maximum absolute atomic E-state index is 9.45. The fourth-order valence-electron chi connectivity index (χ4n) is 4.57. The van der Waals surface area contributed by atoms with Gasteiger partial charge in [0, 0.05) is 41.5 Å². The second-order valence-electron chi connectivity index (χ2n) is 8.72. The lowest BCUT2D eigenvalue weighted by molar-refractivity contribution is -0.530. The van der Waals surface area contributed by atoms with E-state index in [9.17, 15) is 20.4 Å². The van der Waals surface area contributed by atoms with Crippen molar-refractivity contribution in [2.24, 2.45) is 0 Å². The molecule has 192 valence electrons. The van der Waals surface area contributed by atoms with Gasteiger partial charge in [0.15, 0.2) is 18.8 Å². The van der Waals surface area contributed by atoms with Gasteiger partial charge in [0.25, 0.3) is 0 Å². The van der Waals surface area contributed by atoms with E-state index >= 15 is 0 Å². The van der Waals surface area contributed by atoms with E-state index in [0.29, 0.717) is 31.2 Å². The number of hydrogen-bond donors (Lipinski definition) is 4. The van der Waals surface area contributed by atoms with E-state index in [2.05, 4.69) is 38.1 Å². The lowest BCUT2D eigenvalue weighted by atomic mass is 9.85. The molecule has 0 atom stereocenters. The molecule has 0 fully saturated rings. The van der Waals surface area contributed by atoms with Crippen molar-refractivity contribution >= 4 is 28.6 Å². The average Bonchev–Trinajstić information content (AvgIpc) is 2.86. The summed E-state index contributed by atoms with van der Waals surface area (Å²) in [7, 11) is 0. The summed E-state index contributed by atoms with van der Waals surface area (Å²) in [5.74, 6) is 0. The Balaban J connectivity index is 2.19. The number of halogens is 1. The van der Waals surface area contributed by atoms with Gasteiger partial charge in [-0.2, -0.15) is 0 Å². The molecule has 3 rings (SSSR count). The van der Waals surface area contributed by atoms with Crippen molar-refractivity contribution < 1.29 is 25.0 Å². The third-order valence-corrected chi connectivity index (χ3v) is 6.64. The maximum atomic E-state index is 9.45. The molecule has 36 heavy (non-hydrogen) atoms. The van der Waals surface area contributed by atoms with Crippen molar-refractivity contribution in [1.82, 2.24) is 0 Å². The highest BCUT2D eigenvalue weighted by Crippen LogP contribution is 2.38. The first-order chi connectivity index (χ1) is 17.4. The predicted molar refractivity (Wildman–Crippen MR) is 147 cm³/mol. The molecule has 0 aromatic heterocycles. The van der Waals surface area contributed by atoms with Gasteiger partial charge in [-0.15, -0.1) is 0 Å². The zero-order valence-electron chi connectivity index (χ0n) is 21.0. The Morgan fingerprint density at radius 2 is 1.50 bits per heavy atom. The number of hydrogen-bond acceptors (Lipinski definition) is 5. The molecule has 0 saturated carbocycles. The number of anilines is 1. The van der Waals surface area contributed by atoms with E-state index in [0.717, 1.165) is 44.8 Å². The normalized spacial score (nSPS) is 14.6. The SMILES string of the molecule is CC1=CC(=[N+](CCO)CCO)C=C/C1=C(/c1ccc(N(CCO)CCO)cc1C)c1ccccc1Cl. The van der Waals surface area contributed by atoms with Crippen molar-refractivity contribution in [3.63, 3.8) is 0 Å². The quantitative estimate of drug-likeness (QED) is 0.348. The number of allylic oxidation sites excluding steroid dienone is 5. The number of aryl methyl sites for hydroxylation is 1. The van der Waals surface area contributed by atoms with Crippen molar-refractivity contribution in [3.8, 4) is 0 Å². The molecular formula is C29H36ClN2O4+. The van der Waals surface area contributed by atoms with Crippen molar-refractivity contribution in [2.45, 2.75) is 13.8 Å². The standard InChI is InChI=1S/C29H36ClN2O4/c1-21-19-23(31(11-15-33)12-16-34)7-9-25(21)29(27-5-3-4-6-28(27)30)26-10-8-24(20-22(26)2)32(13-17-35)14-18-36/h3-10,19-20,33-36H,11-18H2,1-2H3/q+1. The highest BCUT2D eigenvalue weighted by atomic mass is 35.5. The van der Waals surface area contributed by atoms with Gasteiger partial charge in [0.1, 0.15) is 13.2 Å². The number of aliphatic hydroxyl groups is 4. The Bertz CT molecular complexity index is 1170. The van der Waals surface area contributed by atoms with Crippen molar-refractivity contribution in [3.05, 3.63) is 93.6 Å². The Kier molecular flexibility index (Phi) is 10.5. The highest BCUT2D eigenvalue weighted by Gasteiger charge is 2.21. The summed E-state index contributed by atoms with van der Waals surface area (Å²) in [5, 5.41) is 38.5. The Hall–Kier alpha value is -2.74. The van der Waals surface area contributed by atoms with Crippen LogP contribution in [0.4, 0.5) is 5.69 Å². The summed E-state index contributed by atoms with van der Waals surface area (Å²) in [5.41, 5.74) is 8.00. The first kappa shape index (κ1) is 27.8. The summed E-state index contributed by atoms with van der Waals surface area (Å²) >= 11 is 6.70. The minimum atomic E-state index is 0.00687. The minimum absolute atomic E-state index is 0.00687. The van der Waals surface area contributed by atoms with Crippen LogP contribution in [0.15, 0.2) is 71.8 Å². The van der Waals surface area contributed by atoms with E-state index in [-0.39, 0.29) is 26.4 Å². The molecule has 0 radical (unpaired) electrons. The van der Waals surface area contributed by atoms with Crippen LogP contribution in [-0.4, -0.2) is 83.3 Å². The second-order valence-corrected chi connectivity index (χ2v) is 9.13. The van der Waals surface area contributed by atoms with Gasteiger partial charge in [0.05, 0.1) is 13.2 Å².